The van der Waals surface area contributed by atoms with E-state index in [0.29, 0.717) is 10.6 Å². The van der Waals surface area contributed by atoms with Gasteiger partial charge < -0.3 is 0 Å². The van der Waals surface area contributed by atoms with Crippen molar-refractivity contribution < 1.29 is 8.42 Å². The van der Waals surface area contributed by atoms with E-state index in [4.69, 9.17) is 11.6 Å². The normalized spacial score (nSPS) is 11.7. The standard InChI is InChI=1S/C21H20ClNO2S/c1-15-14-20(16(2)13-19(15)22)26(24,25)23-21(17-9-5-3-6-10-17)18-11-7-4-8-12-18/h3-14,21,23H,1-2H3. The second kappa shape index (κ2) is 7.62. The van der Waals surface area contributed by atoms with Crippen LogP contribution in [0.5, 0.6) is 0 Å². The van der Waals surface area contributed by atoms with Gasteiger partial charge in [-0.2, -0.15) is 4.72 Å². The van der Waals surface area contributed by atoms with Crippen LogP contribution in [0.3, 0.4) is 0 Å². The second-order valence-electron chi connectivity index (χ2n) is 6.24. The lowest BCUT2D eigenvalue weighted by molar-refractivity contribution is 0.571. The minimum absolute atomic E-state index is 0.247. The van der Waals surface area contributed by atoms with Crippen molar-refractivity contribution in [1.29, 1.82) is 0 Å². The van der Waals surface area contributed by atoms with Crippen LogP contribution < -0.4 is 4.72 Å². The van der Waals surface area contributed by atoms with E-state index in [0.717, 1.165) is 16.7 Å². The van der Waals surface area contributed by atoms with Crippen molar-refractivity contribution in [3.8, 4) is 0 Å². The van der Waals surface area contributed by atoms with E-state index in [1.165, 1.54) is 0 Å². The van der Waals surface area contributed by atoms with Gasteiger partial charge in [0, 0.05) is 5.02 Å². The van der Waals surface area contributed by atoms with E-state index in [9.17, 15) is 8.42 Å². The summed E-state index contributed by atoms with van der Waals surface area (Å²) < 4.78 is 29.1. The fourth-order valence-corrected chi connectivity index (χ4v) is 4.62. The zero-order valence-electron chi connectivity index (χ0n) is 14.6. The predicted molar refractivity (Wildman–Crippen MR) is 106 cm³/mol. The fraction of sp³-hybridized carbons (Fsp3) is 0.143. The number of halogens is 1. The van der Waals surface area contributed by atoms with E-state index in [1.807, 2.05) is 60.7 Å². The molecule has 3 aromatic carbocycles. The van der Waals surface area contributed by atoms with Crippen molar-refractivity contribution in [3.05, 3.63) is 100 Å². The molecule has 0 aliphatic heterocycles. The van der Waals surface area contributed by atoms with Gasteiger partial charge in [0.05, 0.1) is 10.9 Å². The van der Waals surface area contributed by atoms with Crippen LogP contribution in [0, 0.1) is 13.8 Å². The highest BCUT2D eigenvalue weighted by Gasteiger charge is 2.24. The molecule has 0 saturated heterocycles. The highest BCUT2D eigenvalue weighted by molar-refractivity contribution is 7.89. The van der Waals surface area contributed by atoms with Crippen LogP contribution in [0.4, 0.5) is 0 Å². The van der Waals surface area contributed by atoms with E-state index in [1.54, 1.807) is 26.0 Å². The van der Waals surface area contributed by atoms with Gasteiger partial charge in [-0.15, -0.1) is 0 Å². The van der Waals surface area contributed by atoms with Crippen LogP contribution >= 0.6 is 11.6 Å². The number of nitrogens with one attached hydrogen (secondary N) is 1. The molecule has 0 atom stereocenters. The first-order valence-electron chi connectivity index (χ1n) is 8.27. The molecule has 1 N–H and O–H groups in total. The van der Waals surface area contributed by atoms with E-state index < -0.39 is 16.1 Å². The Morgan fingerprint density at radius 2 is 1.31 bits per heavy atom. The second-order valence-corrected chi connectivity index (χ2v) is 8.33. The summed E-state index contributed by atoms with van der Waals surface area (Å²) in [6.45, 7) is 3.55. The van der Waals surface area contributed by atoms with Gasteiger partial charge in [0.15, 0.2) is 0 Å². The fourth-order valence-electron chi connectivity index (χ4n) is 2.88. The molecule has 0 amide bonds. The number of sulfonamides is 1. The number of benzene rings is 3. The van der Waals surface area contributed by atoms with Crippen LogP contribution in [-0.2, 0) is 10.0 Å². The van der Waals surface area contributed by atoms with Crippen molar-refractivity contribution in [1.82, 2.24) is 4.72 Å². The monoisotopic (exact) mass is 385 g/mol. The van der Waals surface area contributed by atoms with Gasteiger partial charge in [-0.25, -0.2) is 8.42 Å². The quantitative estimate of drug-likeness (QED) is 0.669. The molecule has 26 heavy (non-hydrogen) atoms. The third-order valence-electron chi connectivity index (χ3n) is 4.28. The highest BCUT2D eigenvalue weighted by atomic mass is 35.5. The first kappa shape index (κ1) is 18.6. The summed E-state index contributed by atoms with van der Waals surface area (Å²) in [6.07, 6.45) is 0. The van der Waals surface area contributed by atoms with Gasteiger partial charge in [-0.1, -0.05) is 72.3 Å². The third-order valence-corrected chi connectivity index (χ3v) is 6.26. The minimum Gasteiger partial charge on any atom is -0.207 e. The maximum absolute atomic E-state index is 13.1. The molecule has 0 spiro atoms. The molecule has 0 saturated carbocycles. The van der Waals surface area contributed by atoms with Crippen LogP contribution in [0.25, 0.3) is 0 Å². The maximum atomic E-state index is 13.1. The number of aryl methyl sites for hydroxylation is 2. The summed E-state index contributed by atoms with van der Waals surface area (Å²) in [6, 6.07) is 21.9. The maximum Gasteiger partial charge on any atom is 0.241 e. The van der Waals surface area contributed by atoms with Crippen LogP contribution in [0.2, 0.25) is 5.02 Å². The molecule has 0 radical (unpaired) electrons. The minimum atomic E-state index is -3.73. The summed E-state index contributed by atoms with van der Waals surface area (Å²) in [5.41, 5.74) is 3.11. The topological polar surface area (TPSA) is 46.2 Å². The molecule has 0 aromatic heterocycles. The average molecular weight is 386 g/mol. The molecule has 3 aromatic rings. The Hall–Kier alpha value is -2.14. The molecular formula is C21H20ClNO2S. The summed E-state index contributed by atoms with van der Waals surface area (Å²) in [7, 11) is -3.73. The zero-order chi connectivity index (χ0) is 18.7. The lowest BCUT2D eigenvalue weighted by atomic mass is 10.00. The molecule has 0 bridgehead atoms. The highest BCUT2D eigenvalue weighted by Crippen LogP contribution is 2.28. The lowest BCUT2D eigenvalue weighted by Gasteiger charge is -2.21. The SMILES string of the molecule is Cc1cc(S(=O)(=O)NC(c2ccccc2)c2ccccc2)c(C)cc1Cl. The first-order chi connectivity index (χ1) is 12.4. The zero-order valence-corrected chi connectivity index (χ0v) is 16.2. The Morgan fingerprint density at radius 1 is 0.808 bits per heavy atom. The van der Waals surface area contributed by atoms with Gasteiger partial charge in [-0.3, -0.25) is 0 Å². The lowest BCUT2D eigenvalue weighted by Crippen LogP contribution is -2.30. The predicted octanol–water partition coefficient (Wildman–Crippen LogP) is 5.02. The summed E-state index contributed by atoms with van der Waals surface area (Å²) in [4.78, 5) is 0.247. The van der Waals surface area contributed by atoms with Crippen LogP contribution in [0.1, 0.15) is 28.3 Å². The number of rotatable bonds is 5. The molecule has 5 heteroatoms. The molecule has 0 fully saturated rings. The van der Waals surface area contributed by atoms with Crippen LogP contribution in [-0.4, -0.2) is 8.42 Å². The molecule has 3 rings (SSSR count). The molecule has 0 unspecified atom stereocenters. The van der Waals surface area contributed by atoms with Crippen molar-refractivity contribution in [2.45, 2.75) is 24.8 Å². The molecule has 134 valence electrons. The van der Waals surface area contributed by atoms with E-state index in [2.05, 4.69) is 4.72 Å². The van der Waals surface area contributed by atoms with Gasteiger partial charge in [0.2, 0.25) is 10.0 Å². The summed E-state index contributed by atoms with van der Waals surface area (Å²) in [5, 5.41) is 0.559. The Kier molecular flexibility index (Phi) is 5.47. The smallest absolute Gasteiger partial charge is 0.207 e. The average Bonchev–Trinajstić information content (AvgIpc) is 2.64. The van der Waals surface area contributed by atoms with Crippen LogP contribution in [0.15, 0.2) is 77.7 Å². The Morgan fingerprint density at radius 3 is 1.81 bits per heavy atom. The van der Waals surface area contributed by atoms with Crippen molar-refractivity contribution >= 4 is 21.6 Å². The molecule has 0 aliphatic rings. The molecular weight excluding hydrogens is 366 g/mol. The summed E-state index contributed by atoms with van der Waals surface area (Å²) in [5.74, 6) is 0. The van der Waals surface area contributed by atoms with Crippen molar-refractivity contribution in [3.63, 3.8) is 0 Å². The van der Waals surface area contributed by atoms with Gasteiger partial charge in [-0.05, 0) is 48.2 Å². The van der Waals surface area contributed by atoms with Crippen molar-refractivity contribution in [2.75, 3.05) is 0 Å². The van der Waals surface area contributed by atoms with Crippen molar-refractivity contribution in [2.24, 2.45) is 0 Å². The Labute approximate surface area is 159 Å². The number of hydrogen-bond donors (Lipinski definition) is 1. The largest absolute Gasteiger partial charge is 0.241 e. The molecule has 0 aliphatic carbocycles. The van der Waals surface area contributed by atoms with E-state index >= 15 is 0 Å². The summed E-state index contributed by atoms with van der Waals surface area (Å²) >= 11 is 6.12. The van der Waals surface area contributed by atoms with E-state index in [-0.39, 0.29) is 4.90 Å². The van der Waals surface area contributed by atoms with Gasteiger partial charge in [0.25, 0.3) is 0 Å². The third kappa shape index (κ3) is 3.98. The molecule has 0 heterocycles. The Bertz CT molecular complexity index is 963. The van der Waals surface area contributed by atoms with Gasteiger partial charge in [0.1, 0.15) is 0 Å². The molecule has 3 nitrogen and oxygen atoms in total. The van der Waals surface area contributed by atoms with Gasteiger partial charge >= 0.3 is 0 Å². The first-order valence-corrected chi connectivity index (χ1v) is 10.1. The Balaban J connectivity index is 2.06. The number of hydrogen-bond acceptors (Lipinski definition) is 2.